The van der Waals surface area contributed by atoms with Crippen LogP contribution in [0.2, 0.25) is 10.2 Å². The topological polar surface area (TPSA) is 87.2 Å². The van der Waals surface area contributed by atoms with Gasteiger partial charge in [0.15, 0.2) is 10.9 Å². The highest BCUT2D eigenvalue weighted by molar-refractivity contribution is 6.42. The maximum absolute atomic E-state index is 13.8. The molecule has 3 aliphatic heterocycles. The predicted molar refractivity (Wildman–Crippen MR) is 127 cm³/mol. The zero-order valence-electron chi connectivity index (χ0n) is 19.7. The number of nitrogens with one attached hydrogen (secondary N) is 1. The number of ether oxygens (including phenoxy) is 2. The fourth-order valence-electron chi connectivity index (χ4n) is 4.48. The number of aromatic nitrogens is 1. The summed E-state index contributed by atoms with van der Waals surface area (Å²) in [5.74, 6) is 0.532. The molecule has 4 rings (SSSR count). The van der Waals surface area contributed by atoms with Crippen LogP contribution in [0.4, 0.5) is 10.6 Å². The van der Waals surface area contributed by atoms with Gasteiger partial charge in [-0.1, -0.05) is 23.2 Å². The van der Waals surface area contributed by atoms with E-state index >= 15 is 0 Å². The summed E-state index contributed by atoms with van der Waals surface area (Å²) >= 11 is 12.8. The van der Waals surface area contributed by atoms with E-state index in [0.29, 0.717) is 37.6 Å². The molecule has 3 atom stereocenters. The molecule has 0 saturated carbocycles. The van der Waals surface area contributed by atoms with E-state index in [1.807, 2.05) is 20.8 Å². The summed E-state index contributed by atoms with van der Waals surface area (Å²) in [7, 11) is 0. The lowest BCUT2D eigenvalue weighted by Gasteiger charge is -2.41. The predicted octanol–water partition coefficient (Wildman–Crippen LogP) is 3.03. The molecule has 0 aromatic carbocycles. The molecule has 9 nitrogen and oxygen atoms in total. The standard InChI is InChI=1S/C22H31Cl2N5O4/c1-12-13(2)28(7-6-25-12)19-15-17(16(23)18(24)26-19)32-11-14-10-27(8-9-29(14)20(15)30)21(31)33-22(3,4)5/h12-14,25H,6-11H2,1-5H3/t12-,13-,14?/m0/s1. The molecular formula is C22H31Cl2N5O4. The van der Waals surface area contributed by atoms with Crippen molar-refractivity contribution in [2.24, 2.45) is 0 Å². The number of nitrogens with zero attached hydrogens (tertiary/aromatic N) is 4. The molecule has 1 aromatic heterocycles. The molecule has 11 heteroatoms. The van der Waals surface area contributed by atoms with E-state index in [1.165, 1.54) is 0 Å². The number of hydrogen-bond acceptors (Lipinski definition) is 7. The third-order valence-corrected chi connectivity index (χ3v) is 7.09. The second-order valence-corrected chi connectivity index (χ2v) is 10.5. The Bertz CT molecular complexity index is 954. The maximum Gasteiger partial charge on any atom is 0.410 e. The largest absolute Gasteiger partial charge is 0.489 e. The van der Waals surface area contributed by atoms with Gasteiger partial charge in [0.25, 0.3) is 5.91 Å². The Labute approximate surface area is 204 Å². The van der Waals surface area contributed by atoms with E-state index < -0.39 is 11.7 Å². The van der Waals surface area contributed by atoms with Crippen LogP contribution in [0.15, 0.2) is 0 Å². The summed E-state index contributed by atoms with van der Waals surface area (Å²) in [4.78, 5) is 36.4. The molecule has 3 aliphatic rings. The summed E-state index contributed by atoms with van der Waals surface area (Å²) in [5, 5.41) is 3.67. The zero-order valence-corrected chi connectivity index (χ0v) is 21.2. The third kappa shape index (κ3) is 4.68. The van der Waals surface area contributed by atoms with Gasteiger partial charge in [0, 0.05) is 44.8 Å². The molecule has 0 aliphatic carbocycles. The Hall–Kier alpha value is -1.97. The van der Waals surface area contributed by atoms with Crippen LogP contribution in [0, 0.1) is 0 Å². The monoisotopic (exact) mass is 499 g/mol. The fourth-order valence-corrected chi connectivity index (χ4v) is 4.83. The van der Waals surface area contributed by atoms with Crippen molar-refractivity contribution in [1.29, 1.82) is 0 Å². The maximum atomic E-state index is 13.8. The number of hydrogen-bond donors (Lipinski definition) is 1. The van der Waals surface area contributed by atoms with Crippen molar-refractivity contribution >= 4 is 41.0 Å². The second kappa shape index (κ2) is 9.00. The average molecular weight is 500 g/mol. The lowest BCUT2D eigenvalue weighted by Crippen LogP contribution is -2.58. The smallest absolute Gasteiger partial charge is 0.410 e. The quantitative estimate of drug-likeness (QED) is 0.594. The van der Waals surface area contributed by atoms with E-state index in [1.54, 1.807) is 9.80 Å². The molecule has 1 aromatic rings. The van der Waals surface area contributed by atoms with Crippen LogP contribution in [-0.2, 0) is 4.74 Å². The van der Waals surface area contributed by atoms with E-state index in [4.69, 9.17) is 32.7 Å². The molecule has 2 fully saturated rings. The summed E-state index contributed by atoms with van der Waals surface area (Å²) in [6.45, 7) is 12.3. The van der Waals surface area contributed by atoms with Gasteiger partial charge in [-0.3, -0.25) is 4.79 Å². The first-order chi connectivity index (χ1) is 15.5. The number of anilines is 1. The van der Waals surface area contributed by atoms with Crippen molar-refractivity contribution < 1.29 is 19.1 Å². The molecular weight excluding hydrogens is 469 g/mol. The van der Waals surface area contributed by atoms with E-state index in [-0.39, 0.29) is 46.6 Å². The van der Waals surface area contributed by atoms with Crippen molar-refractivity contribution in [3.8, 4) is 5.75 Å². The molecule has 33 heavy (non-hydrogen) atoms. The highest BCUT2D eigenvalue weighted by atomic mass is 35.5. The Balaban J connectivity index is 1.66. The highest BCUT2D eigenvalue weighted by Crippen LogP contribution is 2.42. The Morgan fingerprint density at radius 3 is 2.61 bits per heavy atom. The molecule has 1 N–H and O–H groups in total. The van der Waals surface area contributed by atoms with Crippen molar-refractivity contribution in [2.75, 3.05) is 44.2 Å². The SMILES string of the molecule is C[C@@H]1NCCN(c2nc(Cl)c(Cl)c3c2C(=O)N2CCN(C(=O)OC(C)(C)C)CC2CO3)[C@H]1C. The highest BCUT2D eigenvalue weighted by Gasteiger charge is 2.42. The number of fused-ring (bicyclic) bond motifs is 2. The minimum atomic E-state index is -0.595. The van der Waals surface area contributed by atoms with Crippen LogP contribution < -0.4 is 15.0 Å². The summed E-state index contributed by atoms with van der Waals surface area (Å²) in [6.07, 6.45) is -0.400. The molecule has 0 radical (unpaired) electrons. The normalized spacial score (nSPS) is 25.7. The minimum Gasteiger partial charge on any atom is -0.489 e. The Kier molecular flexibility index (Phi) is 6.59. The fraction of sp³-hybridized carbons (Fsp3) is 0.682. The number of rotatable bonds is 1. The van der Waals surface area contributed by atoms with E-state index in [0.717, 1.165) is 6.54 Å². The van der Waals surface area contributed by atoms with Crippen LogP contribution in [0.5, 0.6) is 5.75 Å². The molecule has 4 heterocycles. The number of carbonyl (C=O) groups excluding carboxylic acids is 2. The number of halogens is 2. The first kappa shape index (κ1) is 24.2. The number of amides is 2. The van der Waals surface area contributed by atoms with Gasteiger partial charge >= 0.3 is 6.09 Å². The number of pyridine rings is 1. The lowest BCUT2D eigenvalue weighted by atomic mass is 10.0. The third-order valence-electron chi connectivity index (χ3n) is 6.37. The van der Waals surface area contributed by atoms with Crippen molar-refractivity contribution in [3.05, 3.63) is 15.7 Å². The molecule has 0 bridgehead atoms. The van der Waals surface area contributed by atoms with Gasteiger partial charge in [0.05, 0.1) is 6.04 Å². The van der Waals surface area contributed by atoms with Crippen molar-refractivity contribution in [1.82, 2.24) is 20.1 Å². The molecule has 2 saturated heterocycles. The van der Waals surface area contributed by atoms with Crippen LogP contribution in [0.25, 0.3) is 0 Å². The van der Waals surface area contributed by atoms with Crippen molar-refractivity contribution in [3.63, 3.8) is 0 Å². The van der Waals surface area contributed by atoms with Gasteiger partial charge in [0.1, 0.15) is 28.6 Å². The summed E-state index contributed by atoms with van der Waals surface area (Å²) < 4.78 is 11.6. The first-order valence-electron chi connectivity index (χ1n) is 11.3. The van der Waals surface area contributed by atoms with Crippen LogP contribution >= 0.6 is 23.2 Å². The molecule has 182 valence electrons. The lowest BCUT2D eigenvalue weighted by molar-refractivity contribution is 0.000953. The Morgan fingerprint density at radius 2 is 1.91 bits per heavy atom. The van der Waals surface area contributed by atoms with Crippen LogP contribution in [0.3, 0.4) is 0 Å². The Morgan fingerprint density at radius 1 is 1.18 bits per heavy atom. The number of piperazine rings is 2. The van der Waals surface area contributed by atoms with Gasteiger partial charge < -0.3 is 29.5 Å². The zero-order chi connectivity index (χ0) is 24.1. The van der Waals surface area contributed by atoms with Crippen molar-refractivity contribution in [2.45, 2.75) is 58.3 Å². The molecule has 1 unspecified atom stereocenters. The van der Waals surface area contributed by atoms with Gasteiger partial charge in [-0.2, -0.15) is 0 Å². The summed E-state index contributed by atoms with van der Waals surface area (Å²) in [5.41, 5.74) is -0.263. The van der Waals surface area contributed by atoms with Crippen LogP contribution in [0.1, 0.15) is 45.0 Å². The average Bonchev–Trinajstić information content (AvgIpc) is 2.88. The summed E-state index contributed by atoms with van der Waals surface area (Å²) in [6, 6.07) is -0.0470. The van der Waals surface area contributed by atoms with Gasteiger partial charge in [0.2, 0.25) is 0 Å². The van der Waals surface area contributed by atoms with E-state index in [2.05, 4.69) is 29.0 Å². The van der Waals surface area contributed by atoms with E-state index in [9.17, 15) is 9.59 Å². The molecule has 2 amide bonds. The van der Waals surface area contributed by atoms with Gasteiger partial charge in [-0.05, 0) is 34.6 Å². The van der Waals surface area contributed by atoms with Gasteiger partial charge in [-0.25, -0.2) is 9.78 Å². The minimum absolute atomic E-state index is 0.0865. The van der Waals surface area contributed by atoms with Gasteiger partial charge in [-0.15, -0.1) is 0 Å². The second-order valence-electron chi connectivity index (χ2n) is 9.81. The number of carbonyl (C=O) groups is 2. The molecule has 0 spiro atoms. The first-order valence-corrected chi connectivity index (χ1v) is 12.0. The van der Waals surface area contributed by atoms with Crippen LogP contribution in [-0.4, -0.2) is 89.8 Å².